The van der Waals surface area contributed by atoms with Gasteiger partial charge in [0, 0.05) is 35.0 Å². The van der Waals surface area contributed by atoms with E-state index in [1.54, 1.807) is 42.5 Å². The second-order valence-electron chi connectivity index (χ2n) is 7.32. The first kappa shape index (κ1) is 23.9. The highest BCUT2D eigenvalue weighted by molar-refractivity contribution is 6.36. The molecule has 1 aliphatic heterocycles. The van der Waals surface area contributed by atoms with Gasteiger partial charge in [0.15, 0.2) is 0 Å². The number of amides is 4. The highest BCUT2D eigenvalue weighted by atomic mass is 35.5. The standard InChI is InChI=1S/C22H16Cl2N8O3/c23-15-2-1-3-16(24)14(15)10-17-28-21(27-13-6-4-12(11-25)5-7-13)30-22(29-17)32-19(34)9-8-18(33)31(32)20(26)35/h1-7H,8-10H2,(H2,26,35)(H,27,28,29,30). The first-order valence-electron chi connectivity index (χ1n) is 10.2. The number of rotatable bonds is 5. The predicted octanol–water partition coefficient (Wildman–Crippen LogP) is 3.33. The van der Waals surface area contributed by atoms with Gasteiger partial charge in [-0.1, -0.05) is 29.3 Å². The van der Waals surface area contributed by atoms with Gasteiger partial charge in [-0.2, -0.15) is 30.2 Å². The van der Waals surface area contributed by atoms with Crippen molar-refractivity contribution in [1.82, 2.24) is 20.0 Å². The largest absolute Gasteiger partial charge is 0.350 e. The maximum atomic E-state index is 12.7. The Hall–Kier alpha value is -4.27. The van der Waals surface area contributed by atoms with Crippen LogP contribution in [0.3, 0.4) is 0 Å². The molecule has 1 aromatic heterocycles. The summed E-state index contributed by atoms with van der Waals surface area (Å²) in [7, 11) is 0. The number of carbonyl (C=O) groups is 3. The smallest absolute Gasteiger partial charge is 0.341 e. The van der Waals surface area contributed by atoms with Crippen LogP contribution in [0.4, 0.5) is 22.4 Å². The first-order chi connectivity index (χ1) is 16.8. The number of nitriles is 1. The number of nitrogens with one attached hydrogen (secondary N) is 1. The Kier molecular flexibility index (Phi) is 6.77. The third-order valence-electron chi connectivity index (χ3n) is 4.96. The number of hydrogen-bond acceptors (Lipinski definition) is 8. The van der Waals surface area contributed by atoms with Crippen molar-refractivity contribution in [2.75, 3.05) is 10.3 Å². The number of nitrogens with two attached hydrogens (primary N) is 1. The van der Waals surface area contributed by atoms with E-state index in [1.807, 2.05) is 6.07 Å². The lowest BCUT2D eigenvalue weighted by Crippen LogP contribution is -2.58. The normalized spacial score (nSPS) is 13.5. The Morgan fingerprint density at radius 2 is 1.69 bits per heavy atom. The predicted molar refractivity (Wildman–Crippen MR) is 127 cm³/mol. The van der Waals surface area contributed by atoms with E-state index in [-0.39, 0.29) is 37.0 Å². The van der Waals surface area contributed by atoms with Crippen LogP contribution in [0, 0.1) is 11.3 Å². The van der Waals surface area contributed by atoms with Gasteiger partial charge < -0.3 is 11.1 Å². The van der Waals surface area contributed by atoms with Crippen LogP contribution in [-0.4, -0.2) is 37.8 Å². The highest BCUT2D eigenvalue weighted by Crippen LogP contribution is 2.28. The molecule has 0 atom stereocenters. The topological polar surface area (TPSA) is 158 Å². The molecular weight excluding hydrogens is 495 g/mol. The summed E-state index contributed by atoms with van der Waals surface area (Å²) >= 11 is 12.6. The second kappa shape index (κ2) is 9.92. The molecule has 4 rings (SSSR count). The van der Waals surface area contributed by atoms with Crippen molar-refractivity contribution in [2.24, 2.45) is 5.73 Å². The molecule has 2 heterocycles. The minimum Gasteiger partial charge on any atom is -0.350 e. The van der Waals surface area contributed by atoms with Crippen LogP contribution >= 0.6 is 23.2 Å². The van der Waals surface area contributed by atoms with Gasteiger partial charge in [-0.05, 0) is 42.0 Å². The summed E-state index contributed by atoms with van der Waals surface area (Å²) in [5.41, 5.74) is 6.89. The van der Waals surface area contributed by atoms with E-state index in [2.05, 4.69) is 20.3 Å². The van der Waals surface area contributed by atoms with E-state index in [0.29, 0.717) is 31.9 Å². The third-order valence-corrected chi connectivity index (χ3v) is 5.67. The number of benzene rings is 2. The molecule has 0 saturated carbocycles. The summed E-state index contributed by atoms with van der Waals surface area (Å²) in [6.07, 6.45) is -0.275. The molecule has 3 aromatic rings. The van der Waals surface area contributed by atoms with Crippen molar-refractivity contribution >= 4 is 58.6 Å². The zero-order valence-corrected chi connectivity index (χ0v) is 19.4. The Bertz CT molecular complexity index is 1350. The number of anilines is 3. The molecule has 13 heteroatoms. The lowest BCUT2D eigenvalue weighted by atomic mass is 10.1. The quantitative estimate of drug-likeness (QED) is 0.528. The molecule has 1 fully saturated rings. The summed E-state index contributed by atoms with van der Waals surface area (Å²) in [6, 6.07) is 12.3. The lowest BCUT2D eigenvalue weighted by Gasteiger charge is -2.33. The van der Waals surface area contributed by atoms with Gasteiger partial charge in [-0.3, -0.25) is 9.59 Å². The Labute approximate surface area is 209 Å². The number of halogens is 2. The van der Waals surface area contributed by atoms with E-state index in [0.717, 1.165) is 5.01 Å². The molecule has 2 aromatic carbocycles. The third kappa shape index (κ3) is 5.13. The summed E-state index contributed by atoms with van der Waals surface area (Å²) in [4.78, 5) is 50.0. The molecule has 1 saturated heterocycles. The van der Waals surface area contributed by atoms with Gasteiger partial charge in [-0.25, -0.2) is 4.79 Å². The molecule has 0 unspecified atom stereocenters. The van der Waals surface area contributed by atoms with Gasteiger partial charge in [0.2, 0.25) is 11.9 Å². The zero-order chi connectivity index (χ0) is 25.1. The molecule has 176 valence electrons. The van der Waals surface area contributed by atoms with Crippen LogP contribution in [0.5, 0.6) is 0 Å². The van der Waals surface area contributed by atoms with Crippen LogP contribution in [0.2, 0.25) is 10.0 Å². The average molecular weight is 511 g/mol. The van der Waals surface area contributed by atoms with Gasteiger partial charge in [0.1, 0.15) is 5.82 Å². The molecule has 0 spiro atoms. The molecule has 0 radical (unpaired) electrons. The Balaban J connectivity index is 1.80. The Morgan fingerprint density at radius 1 is 1.03 bits per heavy atom. The molecule has 35 heavy (non-hydrogen) atoms. The molecule has 3 N–H and O–H groups in total. The van der Waals surface area contributed by atoms with Crippen molar-refractivity contribution < 1.29 is 14.4 Å². The zero-order valence-electron chi connectivity index (χ0n) is 17.9. The monoisotopic (exact) mass is 510 g/mol. The molecule has 0 aliphatic carbocycles. The number of nitrogens with zero attached hydrogens (tertiary/aromatic N) is 6. The van der Waals surface area contributed by atoms with E-state index in [9.17, 15) is 14.4 Å². The van der Waals surface area contributed by atoms with Crippen molar-refractivity contribution in [3.05, 3.63) is 69.5 Å². The SMILES string of the molecule is N#Cc1ccc(Nc2nc(Cc3c(Cl)cccc3Cl)nc(N3C(=O)CCC(=O)N3C(N)=O)n2)cc1. The average Bonchev–Trinajstić information content (AvgIpc) is 2.83. The minimum atomic E-state index is -1.15. The van der Waals surface area contributed by atoms with Gasteiger partial charge >= 0.3 is 6.03 Å². The van der Waals surface area contributed by atoms with Crippen molar-refractivity contribution in [3.8, 4) is 6.07 Å². The van der Waals surface area contributed by atoms with Crippen LogP contribution in [0.1, 0.15) is 29.8 Å². The summed E-state index contributed by atoms with van der Waals surface area (Å²) in [5, 5.41) is 14.0. The number of hydrazine groups is 1. The lowest BCUT2D eigenvalue weighted by molar-refractivity contribution is -0.138. The van der Waals surface area contributed by atoms with Crippen molar-refractivity contribution in [1.29, 1.82) is 5.26 Å². The second-order valence-corrected chi connectivity index (χ2v) is 8.13. The molecule has 0 bridgehead atoms. The van der Waals surface area contributed by atoms with E-state index in [1.165, 1.54) is 0 Å². The fourth-order valence-corrected chi connectivity index (χ4v) is 3.86. The van der Waals surface area contributed by atoms with Gasteiger partial charge in [0.05, 0.1) is 11.6 Å². The van der Waals surface area contributed by atoms with Crippen molar-refractivity contribution in [3.63, 3.8) is 0 Å². The number of carbonyl (C=O) groups excluding carboxylic acids is 3. The van der Waals surface area contributed by atoms with Crippen LogP contribution in [0.25, 0.3) is 0 Å². The number of imide groups is 1. The van der Waals surface area contributed by atoms with Crippen LogP contribution < -0.4 is 16.1 Å². The van der Waals surface area contributed by atoms with Crippen molar-refractivity contribution in [2.45, 2.75) is 19.3 Å². The van der Waals surface area contributed by atoms with E-state index in [4.69, 9.17) is 34.2 Å². The highest BCUT2D eigenvalue weighted by Gasteiger charge is 2.38. The van der Waals surface area contributed by atoms with E-state index < -0.39 is 17.8 Å². The first-order valence-corrected chi connectivity index (χ1v) is 10.9. The number of primary amides is 1. The summed E-state index contributed by atoms with van der Waals surface area (Å²) in [6.45, 7) is 0. The molecular formula is C22H16Cl2N8O3. The molecule has 4 amide bonds. The van der Waals surface area contributed by atoms with E-state index >= 15 is 0 Å². The number of urea groups is 1. The number of aromatic nitrogens is 3. The number of hydrogen-bond donors (Lipinski definition) is 2. The maximum absolute atomic E-state index is 12.7. The van der Waals surface area contributed by atoms with Crippen LogP contribution in [-0.2, 0) is 16.0 Å². The molecule has 1 aliphatic rings. The minimum absolute atomic E-state index is 0.00752. The van der Waals surface area contributed by atoms with Crippen LogP contribution in [0.15, 0.2) is 42.5 Å². The summed E-state index contributed by atoms with van der Waals surface area (Å²) in [5.74, 6) is -1.40. The fraction of sp³-hybridized carbons (Fsp3) is 0.136. The molecule has 11 nitrogen and oxygen atoms in total. The van der Waals surface area contributed by atoms with Gasteiger partial charge in [-0.15, -0.1) is 0 Å². The van der Waals surface area contributed by atoms with Gasteiger partial charge in [0.25, 0.3) is 11.9 Å². The maximum Gasteiger partial charge on any atom is 0.341 e. The Morgan fingerprint density at radius 3 is 2.31 bits per heavy atom. The fourth-order valence-electron chi connectivity index (χ4n) is 3.32. The summed E-state index contributed by atoms with van der Waals surface area (Å²) < 4.78 is 0.